The molecule has 3 aromatic rings. The Morgan fingerprint density at radius 2 is 1.79 bits per heavy atom. The van der Waals surface area contributed by atoms with Crippen LogP contribution in [-0.2, 0) is 6.54 Å². The molecule has 0 saturated heterocycles. The van der Waals surface area contributed by atoms with Crippen LogP contribution in [0.15, 0.2) is 65.5 Å². The second-order valence-electron chi connectivity index (χ2n) is 6.50. The fourth-order valence-corrected chi connectivity index (χ4v) is 2.92. The third kappa shape index (κ3) is 4.86. The van der Waals surface area contributed by atoms with Crippen molar-refractivity contribution in [2.45, 2.75) is 19.4 Å². The predicted molar refractivity (Wildman–Crippen MR) is 111 cm³/mol. The zero-order valence-electron chi connectivity index (χ0n) is 15.8. The molecule has 144 valence electrons. The largest absolute Gasteiger partial charge is 0.280 e. The van der Waals surface area contributed by atoms with Gasteiger partial charge in [0.15, 0.2) is 0 Å². The molecule has 0 aliphatic rings. The van der Waals surface area contributed by atoms with Crippen molar-refractivity contribution in [3.8, 4) is 23.4 Å². The average Bonchev–Trinajstić information content (AvgIpc) is 2.76. The van der Waals surface area contributed by atoms with E-state index < -0.39 is 0 Å². The van der Waals surface area contributed by atoms with Gasteiger partial charge in [0, 0.05) is 24.6 Å². The lowest BCUT2D eigenvalue weighted by Crippen LogP contribution is -2.38. The van der Waals surface area contributed by atoms with E-state index in [9.17, 15) is 4.79 Å². The zero-order valence-corrected chi connectivity index (χ0v) is 15.8. The molecule has 0 aliphatic heterocycles. The molecule has 0 unspecified atom stereocenters. The molecular formula is C22H20N6O. The van der Waals surface area contributed by atoms with Crippen molar-refractivity contribution in [1.29, 1.82) is 10.5 Å². The highest BCUT2D eigenvalue weighted by atomic mass is 16.1. The maximum absolute atomic E-state index is 12.9. The Labute approximate surface area is 168 Å². The quantitative estimate of drug-likeness (QED) is 0.381. The molecule has 0 atom stereocenters. The summed E-state index contributed by atoms with van der Waals surface area (Å²) in [6, 6.07) is 22.1. The number of rotatable bonds is 7. The van der Waals surface area contributed by atoms with Gasteiger partial charge in [-0.05, 0) is 24.1 Å². The molecule has 7 heteroatoms. The van der Waals surface area contributed by atoms with Crippen molar-refractivity contribution in [3.63, 3.8) is 0 Å². The smallest absolute Gasteiger partial charge is 0.255 e. The number of aromatic nitrogens is 2. The number of hydrazine groups is 1. The van der Waals surface area contributed by atoms with Crippen molar-refractivity contribution >= 4 is 5.95 Å². The van der Waals surface area contributed by atoms with Gasteiger partial charge in [0.1, 0.15) is 0 Å². The van der Waals surface area contributed by atoms with E-state index in [4.69, 9.17) is 16.4 Å². The van der Waals surface area contributed by atoms with Gasteiger partial charge in [0.25, 0.3) is 5.56 Å². The van der Waals surface area contributed by atoms with Crippen LogP contribution < -0.4 is 16.4 Å². The van der Waals surface area contributed by atoms with Gasteiger partial charge in [0.2, 0.25) is 5.95 Å². The Morgan fingerprint density at radius 3 is 2.45 bits per heavy atom. The zero-order chi connectivity index (χ0) is 20.6. The Balaban J connectivity index is 2.03. The van der Waals surface area contributed by atoms with Crippen LogP contribution in [-0.4, -0.2) is 16.1 Å². The number of nitrogens with zero attached hydrogens (tertiary/aromatic N) is 5. The molecule has 7 nitrogen and oxygen atoms in total. The minimum Gasteiger partial charge on any atom is -0.280 e. The number of hydrogen-bond acceptors (Lipinski definition) is 6. The van der Waals surface area contributed by atoms with E-state index in [-0.39, 0.29) is 5.56 Å². The van der Waals surface area contributed by atoms with Crippen LogP contribution in [0, 0.1) is 22.7 Å². The van der Waals surface area contributed by atoms with Crippen molar-refractivity contribution in [1.82, 2.24) is 9.55 Å². The molecule has 2 aromatic carbocycles. The van der Waals surface area contributed by atoms with Crippen LogP contribution in [0.4, 0.5) is 5.95 Å². The average molecular weight is 384 g/mol. The number of benzene rings is 2. The highest BCUT2D eigenvalue weighted by molar-refractivity contribution is 5.61. The van der Waals surface area contributed by atoms with Crippen molar-refractivity contribution < 1.29 is 0 Å². The van der Waals surface area contributed by atoms with Crippen LogP contribution in [0.3, 0.4) is 0 Å². The van der Waals surface area contributed by atoms with Crippen LogP contribution >= 0.6 is 0 Å². The minimum atomic E-state index is -0.228. The summed E-state index contributed by atoms with van der Waals surface area (Å²) in [6.45, 7) is 0.729. The van der Waals surface area contributed by atoms with Crippen LogP contribution in [0.5, 0.6) is 0 Å². The summed E-state index contributed by atoms with van der Waals surface area (Å²) in [5.41, 5.74) is 2.46. The van der Waals surface area contributed by atoms with Gasteiger partial charge < -0.3 is 0 Å². The topological polar surface area (TPSA) is 112 Å². The molecule has 0 aliphatic carbocycles. The van der Waals surface area contributed by atoms with Gasteiger partial charge in [-0.25, -0.2) is 10.8 Å². The number of unbranched alkanes of at least 4 members (excludes halogenated alkanes) is 1. The van der Waals surface area contributed by atoms with E-state index in [2.05, 4.69) is 17.1 Å². The summed E-state index contributed by atoms with van der Waals surface area (Å²) in [5.74, 6) is 6.54. The van der Waals surface area contributed by atoms with Gasteiger partial charge >= 0.3 is 0 Å². The van der Waals surface area contributed by atoms with Gasteiger partial charge in [-0.15, -0.1) is 0 Å². The first-order valence-corrected chi connectivity index (χ1v) is 9.18. The summed E-state index contributed by atoms with van der Waals surface area (Å²) in [7, 11) is 0. The second kappa shape index (κ2) is 9.32. The predicted octanol–water partition coefficient (Wildman–Crippen LogP) is 2.81. The molecule has 1 aromatic heterocycles. The highest BCUT2D eigenvalue weighted by Gasteiger charge is 2.15. The minimum absolute atomic E-state index is 0.228. The molecule has 0 amide bonds. The first-order valence-electron chi connectivity index (χ1n) is 9.18. The molecule has 1 heterocycles. The summed E-state index contributed by atoms with van der Waals surface area (Å²) in [6.07, 6.45) is 0.932. The monoisotopic (exact) mass is 384 g/mol. The van der Waals surface area contributed by atoms with E-state index in [0.717, 1.165) is 11.1 Å². The Bertz CT molecular complexity index is 1110. The SMILES string of the molecule is N#CCCCN(N)c1nc(-c2ccc(C#N)cc2)cc(=O)n1Cc1ccccc1. The van der Waals surface area contributed by atoms with Gasteiger partial charge in [-0.1, -0.05) is 42.5 Å². The molecule has 3 rings (SSSR count). The standard InChI is InChI=1S/C22H20N6O/c23-12-4-5-13-28(25)22-26-20(19-10-8-17(15-24)9-11-19)14-21(29)27(22)16-18-6-2-1-3-7-18/h1-3,6-11,14H,4-5,13,16,25H2. The lowest BCUT2D eigenvalue weighted by Gasteiger charge is -2.22. The number of hydrogen-bond donors (Lipinski definition) is 1. The van der Waals surface area contributed by atoms with Crippen molar-refractivity contribution in [2.24, 2.45) is 5.84 Å². The Hall–Kier alpha value is -3.94. The first kappa shape index (κ1) is 19.8. The lowest BCUT2D eigenvalue weighted by molar-refractivity contribution is 0.668. The van der Waals surface area contributed by atoms with E-state index in [1.54, 1.807) is 24.3 Å². The summed E-state index contributed by atoms with van der Waals surface area (Å²) in [4.78, 5) is 17.6. The van der Waals surface area contributed by atoms with Crippen molar-refractivity contribution in [2.75, 3.05) is 11.6 Å². The molecule has 0 saturated carbocycles. The van der Waals surface area contributed by atoms with Crippen molar-refractivity contribution in [3.05, 3.63) is 82.1 Å². The van der Waals surface area contributed by atoms with E-state index >= 15 is 0 Å². The molecule has 2 N–H and O–H groups in total. The second-order valence-corrected chi connectivity index (χ2v) is 6.50. The summed E-state index contributed by atoms with van der Waals surface area (Å²) >= 11 is 0. The molecule has 0 bridgehead atoms. The number of nitrogens with two attached hydrogens (primary N) is 1. The fourth-order valence-electron chi connectivity index (χ4n) is 2.92. The molecule has 29 heavy (non-hydrogen) atoms. The number of nitriles is 2. The van der Waals surface area contributed by atoms with E-state index in [1.807, 2.05) is 30.3 Å². The molecule has 0 radical (unpaired) electrons. The number of anilines is 1. The first-order chi connectivity index (χ1) is 14.1. The van der Waals surface area contributed by atoms with Crippen LogP contribution in [0.2, 0.25) is 0 Å². The molecule has 0 spiro atoms. The normalized spacial score (nSPS) is 10.2. The third-order valence-electron chi connectivity index (χ3n) is 4.43. The van der Waals surface area contributed by atoms with E-state index in [1.165, 1.54) is 15.6 Å². The lowest BCUT2D eigenvalue weighted by atomic mass is 10.1. The summed E-state index contributed by atoms with van der Waals surface area (Å²) < 4.78 is 1.52. The van der Waals surface area contributed by atoms with Crippen LogP contribution in [0.25, 0.3) is 11.3 Å². The Kier molecular flexibility index (Phi) is 6.36. The van der Waals surface area contributed by atoms with Gasteiger partial charge in [-0.2, -0.15) is 10.5 Å². The molecular weight excluding hydrogens is 364 g/mol. The van der Waals surface area contributed by atoms with Gasteiger partial charge in [-0.3, -0.25) is 14.4 Å². The van der Waals surface area contributed by atoms with Gasteiger partial charge in [0.05, 0.1) is 29.9 Å². The highest BCUT2D eigenvalue weighted by Crippen LogP contribution is 2.20. The van der Waals surface area contributed by atoms with Crippen LogP contribution in [0.1, 0.15) is 24.0 Å². The maximum Gasteiger partial charge on any atom is 0.255 e. The summed E-state index contributed by atoms with van der Waals surface area (Å²) in [5, 5.41) is 19.2. The van der Waals surface area contributed by atoms with E-state index in [0.29, 0.717) is 43.1 Å². The maximum atomic E-state index is 12.9. The fraction of sp³-hybridized carbons (Fsp3) is 0.182. The molecule has 0 fully saturated rings. The third-order valence-corrected chi connectivity index (χ3v) is 4.43. The Morgan fingerprint density at radius 1 is 1.07 bits per heavy atom.